The third kappa shape index (κ3) is 6.25. The van der Waals surface area contributed by atoms with Gasteiger partial charge in [-0.3, -0.25) is 9.59 Å². The lowest BCUT2D eigenvalue weighted by Gasteiger charge is -2.19. The molecule has 7 nitrogen and oxygen atoms in total. The van der Waals surface area contributed by atoms with Crippen molar-refractivity contribution in [2.75, 3.05) is 10.6 Å². The lowest BCUT2D eigenvalue weighted by atomic mass is 9.95. The normalized spacial score (nSPS) is 11.5. The number of anilines is 3. The smallest absolute Gasteiger partial charge is 0.258 e. The maximum absolute atomic E-state index is 15.0. The second-order valence-corrected chi connectivity index (χ2v) is 11.5. The van der Waals surface area contributed by atoms with Crippen LogP contribution in [0.5, 0.6) is 0 Å². The van der Waals surface area contributed by atoms with Crippen molar-refractivity contribution in [2.45, 2.75) is 27.3 Å². The minimum absolute atomic E-state index is 0.127. The molecule has 3 aromatic carbocycles. The monoisotopic (exact) mass is 609 g/mol. The maximum Gasteiger partial charge on any atom is 0.258 e. The topological polar surface area (TPSA) is 88.1 Å². The van der Waals surface area contributed by atoms with Gasteiger partial charge in [-0.25, -0.2) is 9.37 Å². The number of halogens is 5. The van der Waals surface area contributed by atoms with Gasteiger partial charge in [-0.05, 0) is 35.9 Å². The third-order valence-electron chi connectivity index (χ3n) is 5.92. The Kier molecular flexibility index (Phi) is 8.33. The van der Waals surface area contributed by atoms with Crippen LogP contribution in [0.1, 0.15) is 36.7 Å². The fourth-order valence-corrected chi connectivity index (χ4v) is 4.55. The number of nitrogens with one attached hydrogen (secondary N) is 3. The summed E-state index contributed by atoms with van der Waals surface area (Å²) in [5, 5.41) is 9.78. The summed E-state index contributed by atoms with van der Waals surface area (Å²) in [5.74, 6) is -1.28. The van der Waals surface area contributed by atoms with Gasteiger partial charge in [-0.15, -0.1) is 0 Å². The van der Waals surface area contributed by atoms with Crippen molar-refractivity contribution in [3.05, 3.63) is 79.5 Å². The van der Waals surface area contributed by atoms with E-state index in [1.165, 1.54) is 24.3 Å². The molecule has 0 atom stereocenters. The summed E-state index contributed by atoms with van der Waals surface area (Å²) >= 11 is 25.2. The van der Waals surface area contributed by atoms with Gasteiger partial charge in [0.1, 0.15) is 5.82 Å². The minimum atomic E-state index is -0.750. The summed E-state index contributed by atoms with van der Waals surface area (Å²) in [7, 11) is 1.68. The number of amides is 2. The Labute approximate surface area is 244 Å². The van der Waals surface area contributed by atoms with Crippen LogP contribution in [-0.2, 0) is 18.4 Å². The Morgan fingerprint density at radius 2 is 1.69 bits per heavy atom. The molecule has 0 saturated heterocycles. The number of hydrogen-bond donors (Lipinski definition) is 3. The van der Waals surface area contributed by atoms with E-state index < -0.39 is 17.1 Å². The second-order valence-electron chi connectivity index (χ2n) is 9.85. The van der Waals surface area contributed by atoms with E-state index in [2.05, 4.69) is 20.9 Å². The average molecular weight is 611 g/mol. The van der Waals surface area contributed by atoms with Crippen molar-refractivity contribution in [3.63, 3.8) is 0 Å². The molecule has 39 heavy (non-hydrogen) atoms. The molecule has 0 radical (unpaired) electrons. The van der Waals surface area contributed by atoms with E-state index in [0.717, 1.165) is 0 Å². The Balaban J connectivity index is 1.63. The maximum atomic E-state index is 15.0. The standard InChI is InChI=1S/C27H24Cl4FN5O2/c1-27(2,3)25(39)33-12-13-5-7-17(30)23(22(13)31)36-26-35-20-10-15(18(32)11-21(20)37(26)4)24(38)34-19-9-14(28)6-8-16(19)29/h5-11H,12H2,1-4H3,(H,33,39)(H,34,38)(H,35,36). The van der Waals surface area contributed by atoms with Crippen LogP contribution in [0.4, 0.5) is 21.7 Å². The average Bonchev–Trinajstić information content (AvgIpc) is 3.16. The van der Waals surface area contributed by atoms with E-state index in [1.807, 2.05) is 20.8 Å². The largest absolute Gasteiger partial charge is 0.352 e. The number of imidazole rings is 1. The summed E-state index contributed by atoms with van der Waals surface area (Å²) in [6.07, 6.45) is 0. The molecule has 0 aliphatic heterocycles. The molecular weight excluding hydrogens is 587 g/mol. The zero-order chi connectivity index (χ0) is 28.6. The van der Waals surface area contributed by atoms with E-state index in [9.17, 15) is 9.59 Å². The number of fused-ring (bicyclic) bond motifs is 1. The van der Waals surface area contributed by atoms with Crippen LogP contribution in [0.3, 0.4) is 0 Å². The van der Waals surface area contributed by atoms with Crippen LogP contribution in [0.2, 0.25) is 20.1 Å². The van der Waals surface area contributed by atoms with Crippen LogP contribution in [-0.4, -0.2) is 21.4 Å². The van der Waals surface area contributed by atoms with Crippen LogP contribution >= 0.6 is 46.4 Å². The Hall–Kier alpha value is -3.04. The van der Waals surface area contributed by atoms with Gasteiger partial charge in [0.25, 0.3) is 5.91 Å². The van der Waals surface area contributed by atoms with Crippen LogP contribution < -0.4 is 16.0 Å². The second kappa shape index (κ2) is 11.2. The number of rotatable bonds is 6. The molecule has 4 aromatic rings. The van der Waals surface area contributed by atoms with E-state index in [0.29, 0.717) is 43.3 Å². The fourth-order valence-electron chi connectivity index (χ4n) is 3.68. The molecule has 0 bridgehead atoms. The van der Waals surface area contributed by atoms with Crippen molar-refractivity contribution in [1.82, 2.24) is 14.9 Å². The van der Waals surface area contributed by atoms with Crippen LogP contribution in [0, 0.1) is 11.2 Å². The van der Waals surface area contributed by atoms with Gasteiger partial charge >= 0.3 is 0 Å². The molecule has 0 unspecified atom stereocenters. The van der Waals surface area contributed by atoms with Gasteiger partial charge in [0, 0.05) is 30.1 Å². The van der Waals surface area contributed by atoms with Crippen molar-refractivity contribution in [1.29, 1.82) is 0 Å². The van der Waals surface area contributed by atoms with Gasteiger partial charge < -0.3 is 20.5 Å². The summed E-state index contributed by atoms with van der Waals surface area (Å²) in [6, 6.07) is 10.5. The minimum Gasteiger partial charge on any atom is -0.352 e. The van der Waals surface area contributed by atoms with Gasteiger partial charge in [0.15, 0.2) is 0 Å². The van der Waals surface area contributed by atoms with Gasteiger partial charge in [0.2, 0.25) is 11.9 Å². The highest BCUT2D eigenvalue weighted by Crippen LogP contribution is 2.36. The first-order chi connectivity index (χ1) is 18.3. The highest BCUT2D eigenvalue weighted by molar-refractivity contribution is 6.39. The Morgan fingerprint density at radius 1 is 1.00 bits per heavy atom. The van der Waals surface area contributed by atoms with E-state index >= 15 is 4.39 Å². The van der Waals surface area contributed by atoms with Crippen molar-refractivity contribution >= 4 is 86.6 Å². The number of benzene rings is 3. The lowest BCUT2D eigenvalue weighted by molar-refractivity contribution is -0.128. The number of carbonyl (C=O) groups is 2. The molecule has 12 heteroatoms. The first-order valence-corrected chi connectivity index (χ1v) is 13.2. The molecule has 0 fully saturated rings. The number of nitrogens with zero attached hydrogens (tertiary/aromatic N) is 2. The van der Waals surface area contributed by atoms with E-state index in [-0.39, 0.29) is 28.7 Å². The molecule has 2 amide bonds. The van der Waals surface area contributed by atoms with Gasteiger partial charge in [-0.1, -0.05) is 73.2 Å². The van der Waals surface area contributed by atoms with Crippen molar-refractivity contribution in [3.8, 4) is 0 Å². The fraction of sp³-hybridized carbons (Fsp3) is 0.222. The zero-order valence-electron chi connectivity index (χ0n) is 21.3. The number of carbonyl (C=O) groups excluding carboxylic acids is 2. The van der Waals surface area contributed by atoms with Crippen LogP contribution in [0.25, 0.3) is 11.0 Å². The summed E-state index contributed by atoms with van der Waals surface area (Å²) in [4.78, 5) is 29.7. The molecule has 4 rings (SSSR count). The quantitative estimate of drug-likeness (QED) is 0.206. The number of aromatic nitrogens is 2. The number of hydrogen-bond acceptors (Lipinski definition) is 4. The summed E-state index contributed by atoms with van der Waals surface area (Å²) in [5.41, 5.74) is 1.25. The summed E-state index contributed by atoms with van der Waals surface area (Å²) < 4.78 is 16.6. The first kappa shape index (κ1) is 29.0. The van der Waals surface area contributed by atoms with Crippen molar-refractivity contribution < 1.29 is 14.0 Å². The predicted molar refractivity (Wildman–Crippen MR) is 156 cm³/mol. The SMILES string of the molecule is Cn1c(Nc2c(Cl)ccc(CNC(=O)C(C)(C)C)c2Cl)nc2cc(C(=O)Nc3cc(Cl)ccc3Cl)c(F)cc21. The number of aryl methyl sites for hydroxylation is 1. The Morgan fingerprint density at radius 3 is 2.38 bits per heavy atom. The molecular formula is C27H24Cl4FN5O2. The predicted octanol–water partition coefficient (Wildman–Crippen LogP) is 7.98. The Bertz CT molecular complexity index is 1610. The first-order valence-electron chi connectivity index (χ1n) is 11.7. The molecule has 0 aliphatic carbocycles. The third-order valence-corrected chi connectivity index (χ3v) is 7.23. The highest BCUT2D eigenvalue weighted by atomic mass is 35.5. The molecule has 0 saturated carbocycles. The van der Waals surface area contributed by atoms with Gasteiger partial charge in [0.05, 0.1) is 43.0 Å². The zero-order valence-corrected chi connectivity index (χ0v) is 24.4. The van der Waals surface area contributed by atoms with Crippen LogP contribution in [0.15, 0.2) is 42.5 Å². The highest BCUT2D eigenvalue weighted by Gasteiger charge is 2.22. The van der Waals surface area contributed by atoms with E-state index in [1.54, 1.807) is 29.8 Å². The molecule has 1 heterocycles. The molecule has 3 N–H and O–H groups in total. The molecule has 0 aliphatic rings. The summed E-state index contributed by atoms with van der Waals surface area (Å²) in [6.45, 7) is 5.64. The van der Waals surface area contributed by atoms with Crippen molar-refractivity contribution in [2.24, 2.45) is 12.5 Å². The van der Waals surface area contributed by atoms with Gasteiger partial charge in [-0.2, -0.15) is 0 Å². The van der Waals surface area contributed by atoms with E-state index in [4.69, 9.17) is 46.4 Å². The molecule has 1 aromatic heterocycles. The lowest BCUT2D eigenvalue weighted by Crippen LogP contribution is -2.34. The molecule has 0 spiro atoms. The molecule has 204 valence electrons.